The molecule has 19 heavy (non-hydrogen) atoms. The van der Waals surface area contributed by atoms with Crippen molar-refractivity contribution in [3.8, 4) is 0 Å². The van der Waals surface area contributed by atoms with E-state index in [0.717, 1.165) is 40.8 Å². The molecule has 0 saturated carbocycles. The highest BCUT2D eigenvalue weighted by atomic mass is 32.2. The van der Waals surface area contributed by atoms with Gasteiger partial charge in [-0.3, -0.25) is 0 Å². The Morgan fingerprint density at radius 2 is 1.68 bits per heavy atom. The van der Waals surface area contributed by atoms with E-state index in [-0.39, 0.29) is 0 Å². The predicted molar refractivity (Wildman–Crippen MR) is 81.4 cm³/mol. The Morgan fingerprint density at radius 1 is 1.05 bits per heavy atom. The smallest absolute Gasteiger partial charge is 0.187 e. The van der Waals surface area contributed by atoms with Gasteiger partial charge in [0.15, 0.2) is 5.16 Å². The van der Waals surface area contributed by atoms with Crippen LogP contribution in [0.5, 0.6) is 0 Å². The van der Waals surface area contributed by atoms with Crippen molar-refractivity contribution < 1.29 is 0 Å². The zero-order valence-electron chi connectivity index (χ0n) is 11.4. The lowest BCUT2D eigenvalue weighted by molar-refractivity contribution is 0.889. The molecule has 2 rings (SSSR count). The second-order valence-corrected chi connectivity index (χ2v) is 5.69. The molecule has 1 heterocycles. The summed E-state index contributed by atoms with van der Waals surface area (Å²) in [4.78, 5) is 8.85. The van der Waals surface area contributed by atoms with Gasteiger partial charge in [-0.2, -0.15) is 0 Å². The fourth-order valence-corrected chi connectivity index (χ4v) is 2.77. The number of hydrogen-bond donors (Lipinski definition) is 1. The molecule has 2 N–H and O–H groups in total. The summed E-state index contributed by atoms with van der Waals surface area (Å²) in [5.74, 6) is 1.03. The maximum atomic E-state index is 5.67. The Hall–Kier alpha value is -1.55. The molecule has 0 bridgehead atoms. The van der Waals surface area contributed by atoms with Gasteiger partial charge in [-0.1, -0.05) is 23.9 Å². The van der Waals surface area contributed by atoms with E-state index in [1.807, 2.05) is 32.0 Å². The van der Waals surface area contributed by atoms with E-state index in [2.05, 4.69) is 22.1 Å². The van der Waals surface area contributed by atoms with Gasteiger partial charge in [0.25, 0.3) is 0 Å². The normalized spacial score (nSPS) is 10.6. The van der Waals surface area contributed by atoms with Crippen LogP contribution in [0.1, 0.15) is 23.4 Å². The monoisotopic (exact) mass is 273 g/mol. The van der Waals surface area contributed by atoms with Gasteiger partial charge in [0, 0.05) is 22.8 Å². The van der Waals surface area contributed by atoms with Crippen molar-refractivity contribution in [3.63, 3.8) is 0 Å². The quantitative estimate of drug-likeness (QED) is 0.392. The van der Waals surface area contributed by atoms with Gasteiger partial charge in [0.1, 0.15) is 0 Å². The van der Waals surface area contributed by atoms with E-state index in [1.54, 1.807) is 11.8 Å². The van der Waals surface area contributed by atoms with Crippen LogP contribution < -0.4 is 5.73 Å². The SMILES string of the molecule is Cc1cc(C)nc(SCCCc2ccc(N)cc2)n1. The number of hydrogen-bond acceptors (Lipinski definition) is 4. The molecule has 0 aliphatic rings. The summed E-state index contributed by atoms with van der Waals surface area (Å²) in [6.45, 7) is 4.01. The first-order valence-corrected chi connectivity index (χ1v) is 7.41. The first kappa shape index (κ1) is 13.9. The van der Waals surface area contributed by atoms with Gasteiger partial charge < -0.3 is 5.73 Å². The number of anilines is 1. The van der Waals surface area contributed by atoms with Gasteiger partial charge in [0.2, 0.25) is 0 Å². The molecule has 100 valence electrons. The number of aryl methyl sites for hydroxylation is 3. The fraction of sp³-hybridized carbons (Fsp3) is 0.333. The standard InChI is InChI=1S/C15H19N3S/c1-11-10-12(2)18-15(17-11)19-9-3-4-13-5-7-14(16)8-6-13/h5-8,10H,3-4,9,16H2,1-2H3. The molecular formula is C15H19N3S. The summed E-state index contributed by atoms with van der Waals surface area (Å²) in [5.41, 5.74) is 9.89. The molecule has 0 spiro atoms. The van der Waals surface area contributed by atoms with Crippen molar-refractivity contribution in [2.75, 3.05) is 11.5 Å². The molecule has 0 aliphatic heterocycles. The number of nitrogen functional groups attached to an aromatic ring is 1. The summed E-state index contributed by atoms with van der Waals surface area (Å²) in [6, 6.07) is 10.1. The number of benzene rings is 1. The highest BCUT2D eigenvalue weighted by Gasteiger charge is 2.01. The van der Waals surface area contributed by atoms with Crippen molar-refractivity contribution >= 4 is 17.4 Å². The minimum atomic E-state index is 0.821. The summed E-state index contributed by atoms with van der Waals surface area (Å²) in [7, 11) is 0. The molecule has 0 radical (unpaired) electrons. The van der Waals surface area contributed by atoms with Crippen LogP contribution in [0.2, 0.25) is 0 Å². The maximum absolute atomic E-state index is 5.67. The molecule has 1 aromatic carbocycles. The molecule has 0 unspecified atom stereocenters. The van der Waals surface area contributed by atoms with E-state index in [0.29, 0.717) is 0 Å². The highest BCUT2D eigenvalue weighted by Crippen LogP contribution is 2.16. The fourth-order valence-electron chi connectivity index (χ4n) is 1.88. The van der Waals surface area contributed by atoms with E-state index in [9.17, 15) is 0 Å². The molecular weight excluding hydrogens is 254 g/mol. The molecule has 3 nitrogen and oxygen atoms in total. The molecule has 0 atom stereocenters. The summed E-state index contributed by atoms with van der Waals surface area (Å²) >= 11 is 1.72. The van der Waals surface area contributed by atoms with E-state index >= 15 is 0 Å². The average molecular weight is 273 g/mol. The minimum Gasteiger partial charge on any atom is -0.399 e. The Morgan fingerprint density at radius 3 is 2.32 bits per heavy atom. The van der Waals surface area contributed by atoms with Crippen LogP contribution >= 0.6 is 11.8 Å². The van der Waals surface area contributed by atoms with Crippen LogP contribution in [0.4, 0.5) is 5.69 Å². The van der Waals surface area contributed by atoms with Crippen LogP contribution in [0, 0.1) is 13.8 Å². The lowest BCUT2D eigenvalue weighted by atomic mass is 10.1. The van der Waals surface area contributed by atoms with E-state index < -0.39 is 0 Å². The Labute approximate surface area is 118 Å². The number of nitrogens with two attached hydrogens (primary N) is 1. The van der Waals surface area contributed by atoms with Gasteiger partial charge in [-0.15, -0.1) is 0 Å². The lowest BCUT2D eigenvalue weighted by Gasteiger charge is -2.04. The minimum absolute atomic E-state index is 0.821. The molecule has 4 heteroatoms. The molecule has 1 aromatic heterocycles. The Kier molecular flexibility index (Phi) is 4.80. The molecule has 0 saturated heterocycles. The van der Waals surface area contributed by atoms with Gasteiger partial charge in [0.05, 0.1) is 0 Å². The first-order chi connectivity index (χ1) is 9.13. The Balaban J connectivity index is 1.79. The van der Waals surface area contributed by atoms with Crippen molar-refractivity contribution in [1.82, 2.24) is 9.97 Å². The maximum Gasteiger partial charge on any atom is 0.187 e. The summed E-state index contributed by atoms with van der Waals surface area (Å²) in [6.07, 6.45) is 2.18. The van der Waals surface area contributed by atoms with Crippen molar-refractivity contribution in [2.24, 2.45) is 0 Å². The average Bonchev–Trinajstić information content (AvgIpc) is 2.36. The van der Waals surface area contributed by atoms with Crippen LogP contribution in [0.25, 0.3) is 0 Å². The van der Waals surface area contributed by atoms with E-state index in [1.165, 1.54) is 5.56 Å². The molecule has 0 amide bonds. The summed E-state index contributed by atoms with van der Waals surface area (Å²) < 4.78 is 0. The Bertz CT molecular complexity index is 517. The highest BCUT2D eigenvalue weighted by molar-refractivity contribution is 7.99. The lowest BCUT2D eigenvalue weighted by Crippen LogP contribution is -1.94. The predicted octanol–water partition coefficient (Wildman–Crippen LogP) is 3.40. The van der Waals surface area contributed by atoms with Crippen LogP contribution in [-0.2, 0) is 6.42 Å². The van der Waals surface area contributed by atoms with Gasteiger partial charge >= 0.3 is 0 Å². The number of aromatic nitrogens is 2. The third-order valence-corrected chi connectivity index (χ3v) is 3.72. The van der Waals surface area contributed by atoms with Crippen LogP contribution in [-0.4, -0.2) is 15.7 Å². The zero-order valence-corrected chi connectivity index (χ0v) is 12.2. The topological polar surface area (TPSA) is 51.8 Å². The van der Waals surface area contributed by atoms with Crippen molar-refractivity contribution in [1.29, 1.82) is 0 Å². The second kappa shape index (κ2) is 6.57. The molecule has 0 aliphatic carbocycles. The van der Waals surface area contributed by atoms with Crippen LogP contribution in [0.15, 0.2) is 35.5 Å². The zero-order chi connectivity index (χ0) is 13.7. The number of nitrogens with zero attached hydrogens (tertiary/aromatic N) is 2. The van der Waals surface area contributed by atoms with E-state index in [4.69, 9.17) is 5.73 Å². The first-order valence-electron chi connectivity index (χ1n) is 6.43. The third kappa shape index (κ3) is 4.56. The number of thioether (sulfide) groups is 1. The van der Waals surface area contributed by atoms with Crippen molar-refractivity contribution in [2.45, 2.75) is 31.8 Å². The largest absolute Gasteiger partial charge is 0.399 e. The summed E-state index contributed by atoms with van der Waals surface area (Å²) in [5, 5.41) is 0.884. The molecule has 0 fully saturated rings. The van der Waals surface area contributed by atoms with Crippen LogP contribution in [0.3, 0.4) is 0 Å². The van der Waals surface area contributed by atoms with Crippen molar-refractivity contribution in [3.05, 3.63) is 47.3 Å². The number of rotatable bonds is 5. The van der Waals surface area contributed by atoms with Gasteiger partial charge in [-0.05, 0) is 50.5 Å². The second-order valence-electron chi connectivity index (χ2n) is 4.63. The van der Waals surface area contributed by atoms with Gasteiger partial charge in [-0.25, -0.2) is 9.97 Å². The molecule has 2 aromatic rings. The third-order valence-electron chi connectivity index (χ3n) is 2.78.